The van der Waals surface area contributed by atoms with Crippen LogP contribution < -0.4 is 5.32 Å². The molecule has 4 aromatic rings. The Labute approximate surface area is 187 Å². The number of nitrogens with one attached hydrogen (secondary N) is 1. The van der Waals surface area contributed by atoms with Crippen molar-refractivity contribution in [2.45, 2.75) is 19.0 Å². The summed E-state index contributed by atoms with van der Waals surface area (Å²) in [6.45, 7) is 1.52. The topological polar surface area (TPSA) is 95.8 Å². The second kappa shape index (κ2) is 7.45. The summed E-state index contributed by atoms with van der Waals surface area (Å²) in [6, 6.07) is 16.2. The molecule has 1 unspecified atom stereocenters. The molecule has 5 rings (SSSR count). The zero-order valence-electron chi connectivity index (χ0n) is 17.5. The summed E-state index contributed by atoms with van der Waals surface area (Å²) in [5.74, 6) is -0.556. The third kappa shape index (κ3) is 3.31. The molecule has 3 heterocycles. The number of hydrogen-bond donors (Lipinski definition) is 1. The molecule has 8 nitrogen and oxygen atoms in total. The van der Waals surface area contributed by atoms with Gasteiger partial charge in [0.1, 0.15) is 22.9 Å². The number of urea groups is 1. The normalized spacial score (nSPS) is 18.5. The highest BCUT2D eigenvalue weighted by Crippen LogP contribution is 2.33. The summed E-state index contributed by atoms with van der Waals surface area (Å²) in [7, 11) is 1.63. The van der Waals surface area contributed by atoms with Gasteiger partial charge in [0.05, 0.1) is 16.8 Å². The maximum atomic E-state index is 13.2. The molecular weight excluding hydrogens is 428 g/mol. The summed E-state index contributed by atoms with van der Waals surface area (Å²) in [5.41, 5.74) is 0.127. The number of nitrogens with zero attached hydrogens (tertiary/aromatic N) is 3. The third-order valence-corrected chi connectivity index (χ3v) is 6.64. The van der Waals surface area contributed by atoms with Crippen molar-refractivity contribution in [2.24, 2.45) is 0 Å². The van der Waals surface area contributed by atoms with Gasteiger partial charge in [-0.05, 0) is 31.2 Å². The van der Waals surface area contributed by atoms with Crippen LogP contribution >= 0.6 is 11.3 Å². The van der Waals surface area contributed by atoms with Crippen LogP contribution in [-0.2, 0) is 21.7 Å². The fraction of sp³-hybridized carbons (Fsp3) is 0.217. The van der Waals surface area contributed by atoms with Crippen molar-refractivity contribution in [2.75, 3.05) is 13.6 Å². The standard InChI is InChI=1S/C23H20N4O4S/c1-23(18-11-14-7-3-5-9-16(14)31-18)21(29)27(22(30)25-23)13-20(28)26(2)12-19-24-15-8-4-6-10-17(15)32-19/h3-11H,12-13H2,1-2H3,(H,25,30). The van der Waals surface area contributed by atoms with Crippen LogP contribution in [0.4, 0.5) is 4.79 Å². The quantitative estimate of drug-likeness (QED) is 0.472. The molecule has 0 radical (unpaired) electrons. The monoisotopic (exact) mass is 448 g/mol. The van der Waals surface area contributed by atoms with Crippen LogP contribution in [0.25, 0.3) is 21.2 Å². The summed E-state index contributed by atoms with van der Waals surface area (Å²) in [6.07, 6.45) is 0. The van der Waals surface area contributed by atoms with Gasteiger partial charge < -0.3 is 14.6 Å². The lowest BCUT2D eigenvalue weighted by Gasteiger charge is -2.21. The second-order valence-corrected chi connectivity index (χ2v) is 9.04. The SMILES string of the molecule is CN(Cc1nc2ccccc2s1)C(=O)CN1C(=O)NC(C)(c2cc3ccccc3o2)C1=O. The van der Waals surface area contributed by atoms with Crippen molar-refractivity contribution >= 4 is 50.4 Å². The minimum absolute atomic E-state index is 0.294. The van der Waals surface area contributed by atoms with Crippen molar-refractivity contribution in [1.82, 2.24) is 20.1 Å². The molecule has 2 aromatic heterocycles. The van der Waals surface area contributed by atoms with E-state index in [9.17, 15) is 14.4 Å². The van der Waals surface area contributed by atoms with Gasteiger partial charge in [0.15, 0.2) is 5.54 Å². The van der Waals surface area contributed by atoms with Gasteiger partial charge in [0.25, 0.3) is 5.91 Å². The predicted molar refractivity (Wildman–Crippen MR) is 120 cm³/mol. The van der Waals surface area contributed by atoms with Gasteiger partial charge in [-0.15, -0.1) is 11.3 Å². The predicted octanol–water partition coefficient (Wildman–Crippen LogP) is 3.47. The van der Waals surface area contributed by atoms with E-state index in [2.05, 4.69) is 10.3 Å². The lowest BCUT2D eigenvalue weighted by Crippen LogP contribution is -2.43. The number of imide groups is 1. The molecule has 2 aromatic carbocycles. The lowest BCUT2D eigenvalue weighted by molar-refractivity contribution is -0.138. The first-order chi connectivity index (χ1) is 15.3. The maximum absolute atomic E-state index is 13.2. The van der Waals surface area contributed by atoms with E-state index in [4.69, 9.17) is 4.42 Å². The first-order valence-corrected chi connectivity index (χ1v) is 10.9. The molecule has 1 aliphatic heterocycles. The van der Waals surface area contributed by atoms with Gasteiger partial charge in [-0.3, -0.25) is 14.5 Å². The summed E-state index contributed by atoms with van der Waals surface area (Å²) in [4.78, 5) is 45.5. The molecule has 0 saturated carbocycles. The van der Waals surface area contributed by atoms with E-state index in [1.807, 2.05) is 42.5 Å². The Morgan fingerprint density at radius 3 is 2.72 bits per heavy atom. The van der Waals surface area contributed by atoms with Gasteiger partial charge in [-0.1, -0.05) is 30.3 Å². The summed E-state index contributed by atoms with van der Waals surface area (Å²) >= 11 is 1.51. The van der Waals surface area contributed by atoms with Crippen LogP contribution in [0, 0.1) is 0 Å². The number of amides is 4. The summed E-state index contributed by atoms with van der Waals surface area (Å²) < 4.78 is 6.86. The number of rotatable bonds is 5. The second-order valence-electron chi connectivity index (χ2n) is 7.92. The van der Waals surface area contributed by atoms with E-state index in [0.717, 1.165) is 25.5 Å². The average Bonchev–Trinajstić information content (AvgIpc) is 3.45. The smallest absolute Gasteiger partial charge is 0.325 e. The van der Waals surface area contributed by atoms with Crippen LogP contribution in [0.1, 0.15) is 17.7 Å². The zero-order valence-corrected chi connectivity index (χ0v) is 18.3. The number of thiazole rings is 1. The molecule has 9 heteroatoms. The van der Waals surface area contributed by atoms with Gasteiger partial charge in [0.2, 0.25) is 5.91 Å². The highest BCUT2D eigenvalue weighted by Gasteiger charge is 2.51. The lowest BCUT2D eigenvalue weighted by atomic mass is 9.99. The molecule has 1 N–H and O–H groups in total. The van der Waals surface area contributed by atoms with E-state index in [0.29, 0.717) is 17.9 Å². The number of furan rings is 1. The molecule has 1 saturated heterocycles. The molecule has 1 atom stereocenters. The van der Waals surface area contributed by atoms with Crippen molar-refractivity contribution in [3.63, 3.8) is 0 Å². The number of hydrogen-bond acceptors (Lipinski definition) is 6. The van der Waals surface area contributed by atoms with E-state index in [1.54, 1.807) is 26.1 Å². The van der Waals surface area contributed by atoms with Gasteiger partial charge >= 0.3 is 6.03 Å². The molecule has 162 valence electrons. The summed E-state index contributed by atoms with van der Waals surface area (Å²) in [5, 5.41) is 4.29. The van der Waals surface area contributed by atoms with Crippen LogP contribution in [0.5, 0.6) is 0 Å². The Balaban J connectivity index is 1.31. The highest BCUT2D eigenvalue weighted by molar-refractivity contribution is 7.18. The molecule has 1 fully saturated rings. The van der Waals surface area contributed by atoms with E-state index in [-0.39, 0.29) is 12.5 Å². The minimum atomic E-state index is -1.37. The van der Waals surface area contributed by atoms with Crippen molar-refractivity contribution in [3.8, 4) is 0 Å². The first kappa shape index (κ1) is 20.2. The fourth-order valence-corrected chi connectivity index (χ4v) is 4.79. The van der Waals surface area contributed by atoms with Crippen molar-refractivity contribution < 1.29 is 18.8 Å². The fourth-order valence-electron chi connectivity index (χ4n) is 3.77. The van der Waals surface area contributed by atoms with Crippen LogP contribution in [0.2, 0.25) is 0 Å². The van der Waals surface area contributed by atoms with Gasteiger partial charge in [0, 0.05) is 12.4 Å². The number of aromatic nitrogens is 1. The van der Waals surface area contributed by atoms with Crippen molar-refractivity contribution in [3.05, 3.63) is 65.4 Å². The number of likely N-dealkylation sites (N-methyl/N-ethyl adjacent to an activating group) is 1. The first-order valence-electron chi connectivity index (χ1n) is 10.1. The Morgan fingerprint density at radius 2 is 1.94 bits per heavy atom. The van der Waals surface area contributed by atoms with Gasteiger partial charge in [-0.25, -0.2) is 9.78 Å². The van der Waals surface area contributed by atoms with Crippen LogP contribution in [0.15, 0.2) is 59.0 Å². The molecule has 32 heavy (non-hydrogen) atoms. The Bertz CT molecular complexity index is 1310. The van der Waals surface area contributed by atoms with E-state index < -0.39 is 17.5 Å². The molecule has 0 bridgehead atoms. The van der Waals surface area contributed by atoms with E-state index >= 15 is 0 Å². The average molecular weight is 449 g/mol. The van der Waals surface area contributed by atoms with Crippen LogP contribution in [-0.4, -0.2) is 46.2 Å². The minimum Gasteiger partial charge on any atom is -0.458 e. The molecule has 1 aliphatic rings. The molecule has 4 amide bonds. The maximum Gasteiger partial charge on any atom is 0.325 e. The number of para-hydroxylation sites is 2. The van der Waals surface area contributed by atoms with Crippen LogP contribution in [0.3, 0.4) is 0 Å². The number of benzene rings is 2. The number of fused-ring (bicyclic) bond motifs is 2. The van der Waals surface area contributed by atoms with E-state index in [1.165, 1.54) is 16.2 Å². The van der Waals surface area contributed by atoms with Crippen molar-refractivity contribution in [1.29, 1.82) is 0 Å². The zero-order chi connectivity index (χ0) is 22.5. The Morgan fingerprint density at radius 1 is 1.19 bits per heavy atom. The molecule has 0 aliphatic carbocycles. The number of carbonyl (C=O) groups is 3. The largest absolute Gasteiger partial charge is 0.458 e. The molecular formula is C23H20N4O4S. The van der Waals surface area contributed by atoms with Gasteiger partial charge in [-0.2, -0.15) is 0 Å². The Hall–Kier alpha value is -3.72. The highest BCUT2D eigenvalue weighted by atomic mass is 32.1. The number of carbonyl (C=O) groups excluding carboxylic acids is 3. The third-order valence-electron chi connectivity index (χ3n) is 5.62. The molecule has 0 spiro atoms. The Kier molecular flexibility index (Phi) is 4.70.